The summed E-state index contributed by atoms with van der Waals surface area (Å²) in [5, 5.41) is 13.7. The monoisotopic (exact) mass is 373 g/mol. The van der Waals surface area contributed by atoms with Gasteiger partial charge in [0.05, 0.1) is 17.6 Å². The Morgan fingerprint density at radius 2 is 1.87 bits per heavy atom. The predicted molar refractivity (Wildman–Crippen MR) is 91.7 cm³/mol. The molecule has 0 unspecified atom stereocenters. The molecule has 0 atom stereocenters. The maximum absolute atomic E-state index is 13.7. The van der Waals surface area contributed by atoms with Gasteiger partial charge < -0.3 is 10.6 Å². The van der Waals surface area contributed by atoms with Crippen molar-refractivity contribution in [3.8, 4) is 0 Å². The van der Waals surface area contributed by atoms with Gasteiger partial charge in [-0.25, -0.2) is 4.39 Å². The second-order valence-corrected chi connectivity index (χ2v) is 5.73. The van der Waals surface area contributed by atoms with Gasteiger partial charge in [-0.1, -0.05) is 18.2 Å². The largest absolute Gasteiger partial charge is 0.338 e. The van der Waals surface area contributed by atoms with Crippen molar-refractivity contribution in [2.24, 2.45) is 0 Å². The van der Waals surface area contributed by atoms with E-state index in [-0.39, 0.29) is 11.8 Å². The summed E-state index contributed by atoms with van der Waals surface area (Å²) >= 11 is 3.49. The average molecular weight is 374 g/mol. The van der Waals surface area contributed by atoms with Crippen LogP contribution in [0.25, 0.3) is 0 Å². The topological polar surface area (TPSA) is 62.7 Å². The Morgan fingerprint density at radius 1 is 1.04 bits per heavy atom. The Bertz CT molecular complexity index is 840. The Balaban J connectivity index is 1.81. The van der Waals surface area contributed by atoms with Crippen molar-refractivity contribution in [1.29, 1.82) is 0 Å². The summed E-state index contributed by atoms with van der Waals surface area (Å²) in [6.45, 7) is 2.01. The number of nitrogens with one attached hydrogen (secondary N) is 2. The molecule has 23 heavy (non-hydrogen) atoms. The molecular weight excluding hydrogens is 361 g/mol. The van der Waals surface area contributed by atoms with Crippen LogP contribution in [0.15, 0.2) is 53.1 Å². The average Bonchev–Trinajstić information content (AvgIpc) is 2.53. The highest BCUT2D eigenvalue weighted by Crippen LogP contribution is 2.26. The van der Waals surface area contributed by atoms with E-state index in [1.165, 1.54) is 12.3 Å². The van der Waals surface area contributed by atoms with E-state index in [2.05, 4.69) is 41.7 Å². The number of rotatable bonds is 4. The SMILES string of the molecule is Cc1ccc(Nc2cnnc(Nc3ccccc3F)n2)c(Br)c1. The second kappa shape index (κ2) is 6.70. The first-order valence-electron chi connectivity index (χ1n) is 6.86. The standard InChI is InChI=1S/C16H13BrFN5/c1-10-6-7-13(11(17)8-10)20-15-9-19-23-16(22-15)21-14-5-3-2-4-12(14)18/h2-9H,1H3,(H2,20,21,22,23). The third kappa shape index (κ3) is 3.81. The molecule has 7 heteroatoms. The van der Waals surface area contributed by atoms with Crippen LogP contribution >= 0.6 is 15.9 Å². The van der Waals surface area contributed by atoms with E-state index in [4.69, 9.17) is 0 Å². The van der Waals surface area contributed by atoms with Gasteiger partial charge in [-0.05, 0) is 52.7 Å². The van der Waals surface area contributed by atoms with Crippen LogP contribution in [0, 0.1) is 12.7 Å². The molecule has 0 fully saturated rings. The molecule has 0 saturated heterocycles. The van der Waals surface area contributed by atoms with Gasteiger partial charge in [-0.15, -0.1) is 5.10 Å². The van der Waals surface area contributed by atoms with Gasteiger partial charge in [0, 0.05) is 4.47 Å². The van der Waals surface area contributed by atoms with Crippen molar-refractivity contribution in [2.45, 2.75) is 6.92 Å². The lowest BCUT2D eigenvalue weighted by molar-refractivity contribution is 0.631. The van der Waals surface area contributed by atoms with Crippen LogP contribution in [0.1, 0.15) is 5.56 Å². The third-order valence-corrected chi connectivity index (χ3v) is 3.72. The van der Waals surface area contributed by atoms with Gasteiger partial charge in [0.2, 0.25) is 5.95 Å². The first-order valence-corrected chi connectivity index (χ1v) is 7.65. The number of aryl methyl sites for hydroxylation is 1. The zero-order chi connectivity index (χ0) is 16.2. The lowest BCUT2D eigenvalue weighted by Crippen LogP contribution is -2.03. The quantitative estimate of drug-likeness (QED) is 0.701. The highest BCUT2D eigenvalue weighted by molar-refractivity contribution is 9.10. The highest BCUT2D eigenvalue weighted by Gasteiger charge is 2.06. The highest BCUT2D eigenvalue weighted by atomic mass is 79.9. The summed E-state index contributed by atoms with van der Waals surface area (Å²) in [5.74, 6) is 0.336. The number of hydrogen-bond acceptors (Lipinski definition) is 5. The van der Waals surface area contributed by atoms with E-state index in [1.807, 2.05) is 25.1 Å². The fourth-order valence-electron chi connectivity index (χ4n) is 1.96. The molecule has 0 bridgehead atoms. The molecule has 3 aromatic rings. The Labute approximate surface area is 141 Å². The molecular formula is C16H13BrFN5. The fourth-order valence-corrected chi connectivity index (χ4v) is 2.55. The van der Waals surface area contributed by atoms with Gasteiger partial charge >= 0.3 is 0 Å². The molecule has 0 saturated carbocycles. The third-order valence-electron chi connectivity index (χ3n) is 3.07. The van der Waals surface area contributed by atoms with Crippen molar-refractivity contribution >= 4 is 39.1 Å². The first-order chi connectivity index (χ1) is 11.1. The van der Waals surface area contributed by atoms with Crippen molar-refractivity contribution in [1.82, 2.24) is 15.2 Å². The van der Waals surface area contributed by atoms with Crippen molar-refractivity contribution in [2.75, 3.05) is 10.6 Å². The minimum absolute atomic E-state index is 0.211. The molecule has 1 aromatic heterocycles. The smallest absolute Gasteiger partial charge is 0.249 e. The molecule has 5 nitrogen and oxygen atoms in total. The minimum atomic E-state index is -0.379. The summed E-state index contributed by atoms with van der Waals surface area (Å²) in [7, 11) is 0. The molecule has 116 valence electrons. The molecule has 0 spiro atoms. The van der Waals surface area contributed by atoms with Crippen molar-refractivity contribution in [3.63, 3.8) is 0 Å². The maximum Gasteiger partial charge on any atom is 0.249 e. The molecule has 0 aliphatic heterocycles. The summed E-state index contributed by atoms with van der Waals surface area (Å²) in [6, 6.07) is 12.2. The molecule has 2 N–H and O–H groups in total. The fraction of sp³-hybridized carbons (Fsp3) is 0.0625. The van der Waals surface area contributed by atoms with Crippen LogP contribution in [0.3, 0.4) is 0 Å². The van der Waals surface area contributed by atoms with Gasteiger partial charge in [-0.3, -0.25) is 0 Å². The molecule has 0 aliphatic rings. The van der Waals surface area contributed by atoms with Crippen LogP contribution in [0.2, 0.25) is 0 Å². The van der Waals surface area contributed by atoms with Gasteiger partial charge in [-0.2, -0.15) is 10.1 Å². The number of halogens is 2. The normalized spacial score (nSPS) is 10.4. The summed E-state index contributed by atoms with van der Waals surface area (Å²) in [5.41, 5.74) is 2.29. The Morgan fingerprint density at radius 3 is 2.65 bits per heavy atom. The molecule has 0 aliphatic carbocycles. The Hall–Kier alpha value is -2.54. The zero-order valence-electron chi connectivity index (χ0n) is 12.2. The lowest BCUT2D eigenvalue weighted by Gasteiger charge is -2.10. The summed E-state index contributed by atoms with van der Waals surface area (Å²) in [4.78, 5) is 4.28. The van der Waals surface area contributed by atoms with Crippen LogP contribution in [0.5, 0.6) is 0 Å². The molecule has 0 amide bonds. The number of benzene rings is 2. The maximum atomic E-state index is 13.7. The summed E-state index contributed by atoms with van der Waals surface area (Å²) < 4.78 is 14.6. The van der Waals surface area contributed by atoms with Gasteiger partial charge in [0.1, 0.15) is 5.82 Å². The van der Waals surface area contributed by atoms with Gasteiger partial charge in [0.15, 0.2) is 5.82 Å². The molecule has 3 rings (SSSR count). The lowest BCUT2D eigenvalue weighted by atomic mass is 10.2. The van der Waals surface area contributed by atoms with Crippen LogP contribution in [-0.4, -0.2) is 15.2 Å². The Kier molecular flexibility index (Phi) is 4.47. The van der Waals surface area contributed by atoms with Crippen LogP contribution in [-0.2, 0) is 0 Å². The van der Waals surface area contributed by atoms with E-state index in [0.29, 0.717) is 11.5 Å². The number of aromatic nitrogens is 3. The number of para-hydroxylation sites is 1. The second-order valence-electron chi connectivity index (χ2n) is 4.88. The van der Waals surface area contributed by atoms with E-state index >= 15 is 0 Å². The zero-order valence-corrected chi connectivity index (χ0v) is 13.8. The number of hydrogen-bond donors (Lipinski definition) is 2. The number of anilines is 4. The predicted octanol–water partition coefficient (Wildman–Crippen LogP) is 4.57. The van der Waals surface area contributed by atoms with Crippen molar-refractivity contribution in [3.05, 3.63) is 64.5 Å². The first kappa shape index (κ1) is 15.4. The summed E-state index contributed by atoms with van der Waals surface area (Å²) in [6.07, 6.45) is 1.50. The van der Waals surface area contributed by atoms with Gasteiger partial charge in [0.25, 0.3) is 0 Å². The van der Waals surface area contributed by atoms with E-state index in [0.717, 1.165) is 15.7 Å². The van der Waals surface area contributed by atoms with Crippen molar-refractivity contribution < 1.29 is 4.39 Å². The van der Waals surface area contributed by atoms with E-state index in [1.54, 1.807) is 18.2 Å². The van der Waals surface area contributed by atoms with E-state index in [9.17, 15) is 4.39 Å². The molecule has 2 aromatic carbocycles. The number of nitrogens with zero attached hydrogens (tertiary/aromatic N) is 3. The van der Waals surface area contributed by atoms with E-state index < -0.39 is 0 Å². The minimum Gasteiger partial charge on any atom is -0.338 e. The van der Waals surface area contributed by atoms with Crippen LogP contribution < -0.4 is 10.6 Å². The van der Waals surface area contributed by atoms with Crippen LogP contribution in [0.4, 0.5) is 27.5 Å². The molecule has 1 heterocycles. The molecule has 0 radical (unpaired) electrons.